The Bertz CT molecular complexity index is 1100. The van der Waals surface area contributed by atoms with Crippen LogP contribution in [-0.2, 0) is 19.6 Å². The number of rotatable bonds is 4. The van der Waals surface area contributed by atoms with Gasteiger partial charge in [0.15, 0.2) is 0 Å². The third-order valence-electron chi connectivity index (χ3n) is 4.27. The van der Waals surface area contributed by atoms with Crippen LogP contribution >= 0.6 is 0 Å². The Morgan fingerprint density at radius 1 is 1.00 bits per heavy atom. The maximum Gasteiger partial charge on any atom is 0.416 e. The smallest absolute Gasteiger partial charge is 0.274 e. The molecule has 2 aromatic heterocycles. The first-order valence-electron chi connectivity index (χ1n) is 8.43. The largest absolute Gasteiger partial charge is 0.416 e. The zero-order valence-electron chi connectivity index (χ0n) is 14.8. The van der Waals surface area contributed by atoms with Gasteiger partial charge in [0, 0.05) is 12.6 Å². The van der Waals surface area contributed by atoms with E-state index in [1.165, 1.54) is 16.9 Å². The standard InChI is InChI=1S/C19H15F3N6/c1-27-12-16(11-23-27)28-25-18(24-26-28)17-5-3-2-4-14(17)10-13-6-8-15(9-7-13)19(20,21)22/h2-9,11-12H,10H2,1H3. The van der Waals surface area contributed by atoms with Gasteiger partial charge in [-0.15, -0.1) is 15.0 Å². The molecule has 0 fully saturated rings. The van der Waals surface area contributed by atoms with Crippen molar-refractivity contribution in [3.8, 4) is 17.1 Å². The lowest BCUT2D eigenvalue weighted by Gasteiger charge is -2.09. The van der Waals surface area contributed by atoms with E-state index >= 15 is 0 Å². The van der Waals surface area contributed by atoms with E-state index in [0.29, 0.717) is 17.9 Å². The summed E-state index contributed by atoms with van der Waals surface area (Å²) in [4.78, 5) is 1.39. The Labute approximate surface area is 158 Å². The van der Waals surface area contributed by atoms with Gasteiger partial charge in [0.1, 0.15) is 5.69 Å². The predicted octanol–water partition coefficient (Wildman–Crippen LogP) is 3.67. The highest BCUT2D eigenvalue weighted by Crippen LogP contribution is 2.30. The van der Waals surface area contributed by atoms with Gasteiger partial charge in [0.05, 0.1) is 18.0 Å². The lowest BCUT2D eigenvalue weighted by Crippen LogP contribution is -2.04. The minimum atomic E-state index is -4.34. The fourth-order valence-electron chi connectivity index (χ4n) is 2.87. The average Bonchev–Trinajstić information content (AvgIpc) is 3.31. The first kappa shape index (κ1) is 17.9. The zero-order valence-corrected chi connectivity index (χ0v) is 14.8. The number of aromatic nitrogens is 6. The first-order chi connectivity index (χ1) is 13.4. The molecule has 0 unspecified atom stereocenters. The lowest BCUT2D eigenvalue weighted by atomic mass is 9.98. The summed E-state index contributed by atoms with van der Waals surface area (Å²) in [6.45, 7) is 0. The number of aryl methyl sites for hydroxylation is 1. The second-order valence-corrected chi connectivity index (χ2v) is 6.30. The van der Waals surface area contributed by atoms with Crippen LogP contribution < -0.4 is 0 Å². The second-order valence-electron chi connectivity index (χ2n) is 6.30. The van der Waals surface area contributed by atoms with Crippen LogP contribution in [0.15, 0.2) is 60.9 Å². The Kier molecular flexibility index (Phi) is 4.42. The summed E-state index contributed by atoms with van der Waals surface area (Å²) in [7, 11) is 1.79. The van der Waals surface area contributed by atoms with Crippen molar-refractivity contribution in [2.75, 3.05) is 0 Å². The zero-order chi connectivity index (χ0) is 19.7. The van der Waals surface area contributed by atoms with Crippen molar-refractivity contribution in [1.82, 2.24) is 30.0 Å². The molecule has 0 radical (unpaired) electrons. The number of benzene rings is 2. The normalized spacial score (nSPS) is 11.7. The van der Waals surface area contributed by atoms with Crippen molar-refractivity contribution in [2.24, 2.45) is 7.05 Å². The molecule has 0 aliphatic rings. The summed E-state index contributed by atoms with van der Waals surface area (Å²) in [6.07, 6.45) is -0.500. The first-order valence-corrected chi connectivity index (χ1v) is 8.43. The molecule has 4 aromatic rings. The Morgan fingerprint density at radius 2 is 1.75 bits per heavy atom. The Balaban J connectivity index is 1.62. The molecular formula is C19H15F3N6. The van der Waals surface area contributed by atoms with E-state index in [1.54, 1.807) is 24.1 Å². The summed E-state index contributed by atoms with van der Waals surface area (Å²) in [5.74, 6) is 0.436. The van der Waals surface area contributed by atoms with Crippen molar-refractivity contribution in [3.05, 3.63) is 77.6 Å². The van der Waals surface area contributed by atoms with Crippen molar-refractivity contribution in [1.29, 1.82) is 0 Å². The molecular weight excluding hydrogens is 369 g/mol. The minimum absolute atomic E-state index is 0.436. The van der Waals surface area contributed by atoms with Gasteiger partial charge in [-0.05, 0) is 34.9 Å². The van der Waals surface area contributed by atoms with Crippen molar-refractivity contribution in [2.45, 2.75) is 12.6 Å². The van der Waals surface area contributed by atoms with Crippen molar-refractivity contribution < 1.29 is 13.2 Å². The van der Waals surface area contributed by atoms with Crippen LogP contribution in [-0.4, -0.2) is 30.0 Å². The quantitative estimate of drug-likeness (QED) is 0.539. The molecule has 6 nitrogen and oxygen atoms in total. The number of alkyl halides is 3. The van der Waals surface area contributed by atoms with Crippen LogP contribution in [0, 0.1) is 0 Å². The molecule has 0 N–H and O–H groups in total. The van der Waals surface area contributed by atoms with Crippen LogP contribution in [0.1, 0.15) is 16.7 Å². The fourth-order valence-corrected chi connectivity index (χ4v) is 2.87. The number of tetrazole rings is 1. The number of hydrogen-bond donors (Lipinski definition) is 0. The molecule has 0 saturated carbocycles. The summed E-state index contributed by atoms with van der Waals surface area (Å²) in [6, 6.07) is 12.6. The van der Waals surface area contributed by atoms with Crippen LogP contribution in [0.5, 0.6) is 0 Å². The molecule has 0 atom stereocenters. The third kappa shape index (κ3) is 3.64. The SMILES string of the molecule is Cn1cc(-n2nnc(-c3ccccc3Cc3ccc(C(F)(F)F)cc3)n2)cn1. The molecule has 0 aliphatic heterocycles. The highest BCUT2D eigenvalue weighted by molar-refractivity contribution is 5.60. The number of nitrogens with zero attached hydrogens (tertiary/aromatic N) is 6. The molecule has 28 heavy (non-hydrogen) atoms. The molecule has 2 aromatic carbocycles. The van der Waals surface area contributed by atoms with Crippen LogP contribution in [0.4, 0.5) is 13.2 Å². The van der Waals surface area contributed by atoms with Gasteiger partial charge in [0.2, 0.25) is 5.82 Å². The lowest BCUT2D eigenvalue weighted by molar-refractivity contribution is -0.137. The van der Waals surface area contributed by atoms with E-state index in [1.807, 2.05) is 24.3 Å². The van der Waals surface area contributed by atoms with E-state index in [9.17, 15) is 13.2 Å². The van der Waals surface area contributed by atoms with Gasteiger partial charge in [-0.25, -0.2) is 0 Å². The van der Waals surface area contributed by atoms with E-state index < -0.39 is 11.7 Å². The van der Waals surface area contributed by atoms with E-state index in [0.717, 1.165) is 28.8 Å². The summed E-state index contributed by atoms with van der Waals surface area (Å²) < 4.78 is 39.9. The Morgan fingerprint density at radius 3 is 2.43 bits per heavy atom. The monoisotopic (exact) mass is 384 g/mol. The highest BCUT2D eigenvalue weighted by Gasteiger charge is 2.29. The van der Waals surface area contributed by atoms with E-state index in [4.69, 9.17) is 0 Å². The predicted molar refractivity (Wildman–Crippen MR) is 95.6 cm³/mol. The number of hydrogen-bond acceptors (Lipinski definition) is 4. The minimum Gasteiger partial charge on any atom is -0.274 e. The van der Waals surface area contributed by atoms with Gasteiger partial charge in [-0.1, -0.05) is 36.4 Å². The van der Waals surface area contributed by atoms with E-state index in [2.05, 4.69) is 20.5 Å². The van der Waals surface area contributed by atoms with Gasteiger partial charge in [-0.3, -0.25) is 4.68 Å². The fraction of sp³-hybridized carbons (Fsp3) is 0.158. The maximum absolute atomic E-state index is 12.7. The summed E-state index contributed by atoms with van der Waals surface area (Å²) in [5, 5.41) is 16.7. The topological polar surface area (TPSA) is 61.4 Å². The van der Waals surface area contributed by atoms with Crippen molar-refractivity contribution in [3.63, 3.8) is 0 Å². The molecule has 4 rings (SSSR count). The van der Waals surface area contributed by atoms with Gasteiger partial charge >= 0.3 is 6.18 Å². The molecule has 0 saturated heterocycles. The highest BCUT2D eigenvalue weighted by atomic mass is 19.4. The van der Waals surface area contributed by atoms with Crippen LogP contribution in [0.25, 0.3) is 17.1 Å². The molecule has 0 amide bonds. The Hall–Kier alpha value is -3.49. The molecule has 142 valence electrons. The molecule has 0 aliphatic carbocycles. The van der Waals surface area contributed by atoms with Crippen LogP contribution in [0.3, 0.4) is 0 Å². The number of halogens is 3. The van der Waals surface area contributed by atoms with Gasteiger partial charge < -0.3 is 0 Å². The molecule has 0 bridgehead atoms. The van der Waals surface area contributed by atoms with Crippen molar-refractivity contribution >= 4 is 0 Å². The second kappa shape index (κ2) is 6.91. The molecule has 0 spiro atoms. The van der Waals surface area contributed by atoms with E-state index in [-0.39, 0.29) is 0 Å². The molecule has 9 heteroatoms. The summed E-state index contributed by atoms with van der Waals surface area (Å²) >= 11 is 0. The third-order valence-corrected chi connectivity index (χ3v) is 4.27. The maximum atomic E-state index is 12.7. The summed E-state index contributed by atoms with van der Waals surface area (Å²) in [5.41, 5.74) is 2.46. The van der Waals surface area contributed by atoms with Gasteiger partial charge in [0.25, 0.3) is 0 Å². The average molecular weight is 384 g/mol. The molecule has 2 heterocycles. The van der Waals surface area contributed by atoms with Gasteiger partial charge in [-0.2, -0.15) is 18.3 Å². The van der Waals surface area contributed by atoms with Crippen LogP contribution in [0.2, 0.25) is 0 Å².